The van der Waals surface area contributed by atoms with Crippen molar-refractivity contribution in [1.82, 2.24) is 14.5 Å². The molecule has 1 rings (SSSR count). The standard InChI is InChI=1S/C11H22N4O3S/c1-4-11(16,5-2)8-13-19(17,18)9-7-15(6-3)14-10(9)12/h7,13,16H,4-6,8H2,1-3H3,(H2,12,14). The summed E-state index contributed by atoms with van der Waals surface area (Å²) in [6.07, 6.45) is 2.32. The van der Waals surface area contributed by atoms with Crippen LogP contribution >= 0.6 is 0 Å². The zero-order valence-corrected chi connectivity index (χ0v) is 12.4. The number of nitrogens with zero attached hydrogens (tertiary/aromatic N) is 2. The first-order valence-electron chi connectivity index (χ1n) is 6.33. The molecule has 0 bridgehead atoms. The summed E-state index contributed by atoms with van der Waals surface area (Å²) in [5.74, 6) is -0.0362. The van der Waals surface area contributed by atoms with Gasteiger partial charge in [0.05, 0.1) is 5.60 Å². The largest absolute Gasteiger partial charge is 0.389 e. The fourth-order valence-electron chi connectivity index (χ4n) is 1.59. The molecule has 1 aromatic heterocycles. The number of hydrogen-bond donors (Lipinski definition) is 3. The maximum atomic E-state index is 12.1. The van der Waals surface area contributed by atoms with Crippen molar-refractivity contribution < 1.29 is 13.5 Å². The van der Waals surface area contributed by atoms with Crippen molar-refractivity contribution in [1.29, 1.82) is 0 Å². The summed E-state index contributed by atoms with van der Waals surface area (Å²) in [7, 11) is -3.75. The van der Waals surface area contributed by atoms with Crippen LogP contribution in [-0.2, 0) is 16.6 Å². The minimum atomic E-state index is -3.75. The predicted octanol–water partition coefficient (Wildman–Crippen LogP) is 0.315. The normalized spacial score (nSPS) is 12.8. The smallest absolute Gasteiger partial charge is 0.245 e. The summed E-state index contributed by atoms with van der Waals surface area (Å²) >= 11 is 0. The molecule has 0 unspecified atom stereocenters. The van der Waals surface area contributed by atoms with Crippen molar-refractivity contribution in [2.45, 2.75) is 50.7 Å². The van der Waals surface area contributed by atoms with Crippen LogP contribution in [0.2, 0.25) is 0 Å². The van der Waals surface area contributed by atoms with Gasteiger partial charge in [-0.25, -0.2) is 13.1 Å². The lowest BCUT2D eigenvalue weighted by Crippen LogP contribution is -2.42. The average Bonchev–Trinajstić information content (AvgIpc) is 2.78. The van der Waals surface area contributed by atoms with E-state index in [2.05, 4.69) is 9.82 Å². The Balaban J connectivity index is 2.90. The molecule has 8 heteroatoms. The highest BCUT2D eigenvalue weighted by atomic mass is 32.2. The van der Waals surface area contributed by atoms with E-state index in [0.29, 0.717) is 19.4 Å². The number of aliphatic hydroxyl groups is 1. The van der Waals surface area contributed by atoms with Crippen LogP contribution in [0.4, 0.5) is 5.82 Å². The predicted molar refractivity (Wildman–Crippen MR) is 73.0 cm³/mol. The van der Waals surface area contributed by atoms with Gasteiger partial charge in [0.2, 0.25) is 10.0 Å². The number of hydrogen-bond acceptors (Lipinski definition) is 5. The minimum absolute atomic E-state index is 0.0362. The van der Waals surface area contributed by atoms with Gasteiger partial charge in [-0.1, -0.05) is 13.8 Å². The maximum absolute atomic E-state index is 12.1. The summed E-state index contributed by atoms with van der Waals surface area (Å²) < 4.78 is 28.0. The third-order valence-electron chi connectivity index (χ3n) is 3.28. The molecule has 1 heterocycles. The van der Waals surface area contributed by atoms with Crippen LogP contribution in [-0.4, -0.2) is 35.5 Å². The SMILES string of the molecule is CCn1cc(S(=O)(=O)NCC(O)(CC)CC)c(N)n1. The summed E-state index contributed by atoms with van der Waals surface area (Å²) in [6, 6.07) is 0. The quantitative estimate of drug-likeness (QED) is 0.669. The van der Waals surface area contributed by atoms with Crippen LogP contribution in [0.1, 0.15) is 33.6 Å². The topological polar surface area (TPSA) is 110 Å². The Bertz CT molecular complexity index is 520. The highest BCUT2D eigenvalue weighted by molar-refractivity contribution is 7.89. The summed E-state index contributed by atoms with van der Waals surface area (Å²) in [6.45, 7) is 5.94. The molecule has 4 N–H and O–H groups in total. The van der Waals surface area contributed by atoms with Crippen molar-refractivity contribution in [3.05, 3.63) is 6.20 Å². The van der Waals surface area contributed by atoms with E-state index in [0.717, 1.165) is 0 Å². The number of nitrogen functional groups attached to an aromatic ring is 1. The highest BCUT2D eigenvalue weighted by Gasteiger charge is 2.27. The van der Waals surface area contributed by atoms with Gasteiger partial charge in [0, 0.05) is 19.3 Å². The third-order valence-corrected chi connectivity index (χ3v) is 4.69. The van der Waals surface area contributed by atoms with Crippen molar-refractivity contribution in [2.75, 3.05) is 12.3 Å². The Kier molecular flexibility index (Phi) is 4.94. The van der Waals surface area contributed by atoms with Gasteiger partial charge >= 0.3 is 0 Å². The van der Waals surface area contributed by atoms with E-state index >= 15 is 0 Å². The van der Waals surface area contributed by atoms with E-state index in [4.69, 9.17) is 5.73 Å². The fourth-order valence-corrected chi connectivity index (χ4v) is 2.78. The van der Waals surface area contributed by atoms with Gasteiger partial charge in [0.1, 0.15) is 4.90 Å². The Morgan fingerprint density at radius 3 is 2.42 bits per heavy atom. The second-order valence-corrected chi connectivity index (χ2v) is 6.23. The first kappa shape index (κ1) is 15.9. The molecule has 0 atom stereocenters. The van der Waals surface area contributed by atoms with Crippen LogP contribution in [0.15, 0.2) is 11.1 Å². The molecule has 0 radical (unpaired) electrons. The monoisotopic (exact) mass is 290 g/mol. The lowest BCUT2D eigenvalue weighted by atomic mass is 9.98. The summed E-state index contributed by atoms with van der Waals surface area (Å²) in [5.41, 5.74) is 4.55. The molecule has 0 aliphatic rings. The van der Waals surface area contributed by atoms with Crippen LogP contribution in [0, 0.1) is 0 Å². The number of anilines is 1. The molecule has 0 saturated carbocycles. The zero-order valence-electron chi connectivity index (χ0n) is 11.5. The van der Waals surface area contributed by atoms with Crippen LogP contribution in [0.25, 0.3) is 0 Å². The number of nitrogens with two attached hydrogens (primary N) is 1. The second kappa shape index (κ2) is 5.89. The molecule has 0 spiro atoms. The molecule has 0 fully saturated rings. The molecule has 1 aromatic rings. The third kappa shape index (κ3) is 3.68. The molecule has 0 amide bonds. The summed E-state index contributed by atoms with van der Waals surface area (Å²) in [4.78, 5) is -0.0519. The Hall–Kier alpha value is -1.12. The van der Waals surface area contributed by atoms with Gasteiger partial charge in [-0.3, -0.25) is 4.68 Å². The van der Waals surface area contributed by atoms with Gasteiger partial charge in [-0.15, -0.1) is 0 Å². The Labute approximate surface area is 113 Å². The molecule has 0 aliphatic heterocycles. The minimum Gasteiger partial charge on any atom is -0.389 e. The van der Waals surface area contributed by atoms with Crippen LogP contribution < -0.4 is 10.5 Å². The van der Waals surface area contributed by atoms with Crippen molar-refractivity contribution >= 4 is 15.8 Å². The van der Waals surface area contributed by atoms with Gasteiger partial charge in [-0.2, -0.15) is 5.10 Å². The Morgan fingerprint density at radius 2 is 2.00 bits per heavy atom. The number of aryl methyl sites for hydroxylation is 1. The average molecular weight is 290 g/mol. The van der Waals surface area contributed by atoms with E-state index < -0.39 is 15.6 Å². The molecule has 7 nitrogen and oxygen atoms in total. The Morgan fingerprint density at radius 1 is 1.42 bits per heavy atom. The number of nitrogens with one attached hydrogen (secondary N) is 1. The number of sulfonamides is 1. The van der Waals surface area contributed by atoms with E-state index in [1.165, 1.54) is 10.9 Å². The molecule has 0 aliphatic carbocycles. The van der Waals surface area contributed by atoms with Gasteiger partial charge in [0.15, 0.2) is 5.82 Å². The first-order chi connectivity index (χ1) is 8.78. The van der Waals surface area contributed by atoms with Crippen LogP contribution in [0.5, 0.6) is 0 Å². The number of rotatable bonds is 7. The first-order valence-corrected chi connectivity index (χ1v) is 7.81. The van der Waals surface area contributed by atoms with Crippen molar-refractivity contribution in [2.24, 2.45) is 0 Å². The zero-order chi connectivity index (χ0) is 14.7. The molecule has 19 heavy (non-hydrogen) atoms. The lowest BCUT2D eigenvalue weighted by Gasteiger charge is -2.25. The maximum Gasteiger partial charge on any atom is 0.245 e. The molecular formula is C11H22N4O3S. The number of aromatic nitrogens is 2. The molecular weight excluding hydrogens is 268 g/mol. The van der Waals surface area contributed by atoms with Crippen molar-refractivity contribution in [3.63, 3.8) is 0 Å². The van der Waals surface area contributed by atoms with E-state index in [1.807, 2.05) is 6.92 Å². The molecule has 110 valence electrons. The van der Waals surface area contributed by atoms with E-state index in [-0.39, 0.29) is 17.3 Å². The summed E-state index contributed by atoms with van der Waals surface area (Å²) in [5, 5.41) is 14.0. The highest BCUT2D eigenvalue weighted by Crippen LogP contribution is 2.18. The van der Waals surface area contributed by atoms with Gasteiger partial charge in [0.25, 0.3) is 0 Å². The van der Waals surface area contributed by atoms with Crippen molar-refractivity contribution in [3.8, 4) is 0 Å². The van der Waals surface area contributed by atoms with E-state index in [9.17, 15) is 13.5 Å². The van der Waals surface area contributed by atoms with Gasteiger partial charge in [-0.05, 0) is 19.8 Å². The lowest BCUT2D eigenvalue weighted by molar-refractivity contribution is 0.0377. The van der Waals surface area contributed by atoms with E-state index in [1.54, 1.807) is 13.8 Å². The molecule has 0 aromatic carbocycles. The molecule has 0 saturated heterocycles. The fraction of sp³-hybridized carbons (Fsp3) is 0.727. The van der Waals surface area contributed by atoms with Gasteiger partial charge < -0.3 is 10.8 Å². The second-order valence-electron chi connectivity index (χ2n) is 4.49. The van der Waals surface area contributed by atoms with Crippen LogP contribution in [0.3, 0.4) is 0 Å².